The molecule has 0 spiro atoms. The summed E-state index contributed by atoms with van der Waals surface area (Å²) in [6, 6.07) is 0.779. The van der Waals surface area contributed by atoms with Crippen molar-refractivity contribution in [2.45, 2.75) is 77.5 Å². The van der Waals surface area contributed by atoms with E-state index >= 15 is 0 Å². The van der Waals surface area contributed by atoms with Crippen molar-refractivity contribution in [2.24, 2.45) is 11.8 Å². The fourth-order valence-electron chi connectivity index (χ4n) is 2.74. The maximum atomic E-state index is 3.79. The number of rotatable bonds is 8. The summed E-state index contributed by atoms with van der Waals surface area (Å²) in [5.41, 5.74) is 0. The Bertz CT molecular complexity index is 207. The van der Waals surface area contributed by atoms with Gasteiger partial charge in [0.15, 0.2) is 0 Å². The Morgan fingerprint density at radius 1 is 1.22 bits per heavy atom. The van der Waals surface area contributed by atoms with Crippen LogP contribution in [0.5, 0.6) is 0 Å². The Kier molecular flexibility index (Phi) is 8.41. The zero-order valence-electron chi connectivity index (χ0n) is 12.9. The van der Waals surface area contributed by atoms with E-state index in [9.17, 15) is 0 Å². The number of thioether (sulfide) groups is 1. The van der Waals surface area contributed by atoms with E-state index in [1.54, 1.807) is 0 Å². The van der Waals surface area contributed by atoms with Crippen LogP contribution >= 0.6 is 11.8 Å². The molecule has 0 aliphatic heterocycles. The van der Waals surface area contributed by atoms with Crippen LogP contribution < -0.4 is 5.32 Å². The summed E-state index contributed by atoms with van der Waals surface area (Å²) < 4.78 is 0. The minimum Gasteiger partial charge on any atom is -0.313 e. The van der Waals surface area contributed by atoms with Crippen molar-refractivity contribution in [1.29, 1.82) is 0 Å². The molecule has 0 aromatic carbocycles. The van der Waals surface area contributed by atoms with Gasteiger partial charge in [0.2, 0.25) is 0 Å². The predicted molar refractivity (Wildman–Crippen MR) is 85.4 cm³/mol. The molecule has 0 heterocycles. The fourth-order valence-corrected chi connectivity index (χ4v) is 4.42. The second-order valence-electron chi connectivity index (χ2n) is 6.03. The number of nitrogens with one attached hydrogen (secondary N) is 1. The summed E-state index contributed by atoms with van der Waals surface area (Å²) in [6.45, 7) is 10.5. The van der Waals surface area contributed by atoms with Crippen LogP contribution in [0.2, 0.25) is 0 Å². The molecule has 0 aromatic heterocycles. The van der Waals surface area contributed by atoms with Crippen LogP contribution in [0.4, 0.5) is 0 Å². The fraction of sp³-hybridized carbons (Fsp3) is 1.00. The molecule has 0 aromatic rings. The highest BCUT2D eigenvalue weighted by atomic mass is 32.2. The number of hydrogen-bond acceptors (Lipinski definition) is 2. The standard InChI is InChI=1S/C16H33NS/c1-5-10-17-15-9-8-14(7-3)11-16(15)18-12-13(4)6-2/h13-17H,5-12H2,1-4H3. The normalized spacial score (nSPS) is 30.3. The molecule has 108 valence electrons. The molecule has 2 heteroatoms. The highest BCUT2D eigenvalue weighted by Gasteiger charge is 2.29. The van der Waals surface area contributed by atoms with Gasteiger partial charge >= 0.3 is 0 Å². The first kappa shape index (κ1) is 16.4. The molecule has 1 nitrogen and oxygen atoms in total. The van der Waals surface area contributed by atoms with Gasteiger partial charge in [-0.1, -0.05) is 40.5 Å². The highest BCUT2D eigenvalue weighted by molar-refractivity contribution is 7.99. The van der Waals surface area contributed by atoms with Crippen molar-refractivity contribution in [3.63, 3.8) is 0 Å². The van der Waals surface area contributed by atoms with Gasteiger partial charge < -0.3 is 5.32 Å². The van der Waals surface area contributed by atoms with E-state index in [4.69, 9.17) is 0 Å². The molecule has 0 saturated heterocycles. The van der Waals surface area contributed by atoms with Crippen molar-refractivity contribution >= 4 is 11.8 Å². The van der Waals surface area contributed by atoms with Crippen LogP contribution in [0.1, 0.15) is 66.2 Å². The highest BCUT2D eigenvalue weighted by Crippen LogP contribution is 2.35. The lowest BCUT2D eigenvalue weighted by atomic mass is 9.84. The molecular weight excluding hydrogens is 238 g/mol. The van der Waals surface area contributed by atoms with Gasteiger partial charge in [-0.25, -0.2) is 0 Å². The second kappa shape index (κ2) is 9.25. The average Bonchev–Trinajstić information content (AvgIpc) is 2.42. The Morgan fingerprint density at radius 2 is 2.00 bits per heavy atom. The summed E-state index contributed by atoms with van der Waals surface area (Å²) in [4.78, 5) is 0. The molecular formula is C16H33NS. The predicted octanol–water partition coefficient (Wildman–Crippen LogP) is 4.71. The molecule has 0 amide bonds. The number of hydrogen-bond donors (Lipinski definition) is 1. The molecule has 1 aliphatic carbocycles. The molecule has 1 fully saturated rings. The van der Waals surface area contributed by atoms with Crippen LogP contribution in [-0.2, 0) is 0 Å². The van der Waals surface area contributed by atoms with E-state index < -0.39 is 0 Å². The minimum absolute atomic E-state index is 0.779. The largest absolute Gasteiger partial charge is 0.313 e. The van der Waals surface area contributed by atoms with E-state index in [1.165, 1.54) is 50.8 Å². The summed E-state index contributed by atoms with van der Waals surface area (Å²) in [5, 5.41) is 4.65. The van der Waals surface area contributed by atoms with Crippen LogP contribution in [-0.4, -0.2) is 23.6 Å². The smallest absolute Gasteiger partial charge is 0.0203 e. The van der Waals surface area contributed by atoms with Crippen LogP contribution in [0.3, 0.4) is 0 Å². The molecule has 4 unspecified atom stereocenters. The Hall–Kier alpha value is 0.310. The van der Waals surface area contributed by atoms with Gasteiger partial charge in [0.1, 0.15) is 0 Å². The molecule has 18 heavy (non-hydrogen) atoms. The maximum Gasteiger partial charge on any atom is 0.0203 e. The zero-order valence-corrected chi connectivity index (χ0v) is 13.7. The first-order valence-corrected chi connectivity index (χ1v) is 9.11. The lowest BCUT2D eigenvalue weighted by molar-refractivity contribution is 0.295. The van der Waals surface area contributed by atoms with E-state index in [0.29, 0.717) is 0 Å². The van der Waals surface area contributed by atoms with E-state index in [0.717, 1.165) is 23.1 Å². The molecule has 1 aliphatic rings. The van der Waals surface area contributed by atoms with Gasteiger partial charge in [-0.2, -0.15) is 11.8 Å². The van der Waals surface area contributed by atoms with E-state index in [-0.39, 0.29) is 0 Å². The maximum absolute atomic E-state index is 3.79. The van der Waals surface area contributed by atoms with Crippen LogP contribution in [0.25, 0.3) is 0 Å². The average molecular weight is 272 g/mol. The van der Waals surface area contributed by atoms with Crippen molar-refractivity contribution in [3.8, 4) is 0 Å². The molecule has 1 rings (SSSR count). The molecule has 1 saturated carbocycles. The Morgan fingerprint density at radius 3 is 2.61 bits per heavy atom. The van der Waals surface area contributed by atoms with E-state index in [2.05, 4.69) is 44.8 Å². The van der Waals surface area contributed by atoms with Crippen molar-refractivity contribution in [2.75, 3.05) is 12.3 Å². The summed E-state index contributed by atoms with van der Waals surface area (Å²) in [5.74, 6) is 3.21. The van der Waals surface area contributed by atoms with Gasteiger partial charge in [-0.05, 0) is 49.8 Å². The van der Waals surface area contributed by atoms with E-state index in [1.807, 2.05) is 0 Å². The monoisotopic (exact) mass is 271 g/mol. The van der Waals surface area contributed by atoms with Gasteiger partial charge in [0, 0.05) is 11.3 Å². The zero-order chi connectivity index (χ0) is 13.4. The summed E-state index contributed by atoms with van der Waals surface area (Å²) in [6.07, 6.45) is 8.25. The quantitative estimate of drug-likeness (QED) is 0.686. The van der Waals surface area contributed by atoms with Crippen LogP contribution in [0.15, 0.2) is 0 Å². The van der Waals surface area contributed by atoms with Gasteiger partial charge in [-0.15, -0.1) is 0 Å². The van der Waals surface area contributed by atoms with Crippen molar-refractivity contribution < 1.29 is 0 Å². The SMILES string of the molecule is CCCNC1CCC(CC)CC1SCC(C)CC. The molecule has 0 radical (unpaired) electrons. The second-order valence-corrected chi connectivity index (χ2v) is 7.31. The lowest BCUT2D eigenvalue weighted by Gasteiger charge is -2.36. The third-order valence-electron chi connectivity index (χ3n) is 4.43. The topological polar surface area (TPSA) is 12.0 Å². The van der Waals surface area contributed by atoms with Gasteiger partial charge in [-0.3, -0.25) is 0 Å². The molecule has 4 atom stereocenters. The third kappa shape index (κ3) is 5.52. The first-order chi connectivity index (χ1) is 8.71. The third-order valence-corrected chi connectivity index (χ3v) is 6.14. The summed E-state index contributed by atoms with van der Waals surface area (Å²) in [7, 11) is 0. The lowest BCUT2D eigenvalue weighted by Crippen LogP contribution is -2.43. The minimum atomic E-state index is 0.779. The van der Waals surface area contributed by atoms with Crippen molar-refractivity contribution in [1.82, 2.24) is 5.32 Å². The van der Waals surface area contributed by atoms with Gasteiger partial charge in [0.05, 0.1) is 0 Å². The van der Waals surface area contributed by atoms with Gasteiger partial charge in [0.25, 0.3) is 0 Å². The Balaban J connectivity index is 2.42. The first-order valence-electron chi connectivity index (χ1n) is 8.06. The Labute approximate surface area is 119 Å². The molecule has 1 N–H and O–H groups in total. The van der Waals surface area contributed by atoms with Crippen LogP contribution in [0, 0.1) is 11.8 Å². The summed E-state index contributed by atoms with van der Waals surface area (Å²) >= 11 is 2.25. The molecule has 0 bridgehead atoms. The van der Waals surface area contributed by atoms with Crippen molar-refractivity contribution in [3.05, 3.63) is 0 Å².